The molecule has 1 aliphatic rings. The van der Waals surface area contributed by atoms with Gasteiger partial charge < -0.3 is 19.1 Å². The van der Waals surface area contributed by atoms with Crippen molar-refractivity contribution >= 4 is 17.6 Å². The van der Waals surface area contributed by atoms with Gasteiger partial charge in [0.15, 0.2) is 0 Å². The molecule has 2 heterocycles. The van der Waals surface area contributed by atoms with Gasteiger partial charge in [-0.05, 0) is 30.7 Å². The van der Waals surface area contributed by atoms with E-state index in [9.17, 15) is 9.59 Å². The fourth-order valence-corrected chi connectivity index (χ4v) is 3.43. The second kappa shape index (κ2) is 7.82. The van der Waals surface area contributed by atoms with Gasteiger partial charge in [0.05, 0.1) is 31.4 Å². The van der Waals surface area contributed by atoms with Crippen LogP contribution in [0.2, 0.25) is 0 Å². The average molecular weight is 370 g/mol. The number of nitrogens with zero attached hydrogens (tertiary/aromatic N) is 4. The zero-order valence-corrected chi connectivity index (χ0v) is 16.3. The Hall–Kier alpha value is -2.83. The van der Waals surface area contributed by atoms with Crippen molar-refractivity contribution in [2.45, 2.75) is 38.9 Å². The maximum atomic E-state index is 13.2. The minimum atomic E-state index is -0.659. The lowest BCUT2D eigenvalue weighted by Gasteiger charge is -2.34. The van der Waals surface area contributed by atoms with Crippen molar-refractivity contribution in [1.29, 1.82) is 0 Å². The summed E-state index contributed by atoms with van der Waals surface area (Å²) >= 11 is 0. The summed E-state index contributed by atoms with van der Waals surface area (Å²) in [5, 5.41) is 0. The van der Waals surface area contributed by atoms with Crippen LogP contribution in [-0.4, -0.2) is 53.6 Å². The molecule has 0 fully saturated rings. The smallest absolute Gasteiger partial charge is 0.329 e. The van der Waals surface area contributed by atoms with Gasteiger partial charge in [0.25, 0.3) is 5.91 Å². The summed E-state index contributed by atoms with van der Waals surface area (Å²) in [5.74, 6) is -0.588. The summed E-state index contributed by atoms with van der Waals surface area (Å²) in [4.78, 5) is 33.6. The van der Waals surface area contributed by atoms with Gasteiger partial charge in [0.1, 0.15) is 6.04 Å². The first-order chi connectivity index (χ1) is 13.0. The van der Waals surface area contributed by atoms with Crippen molar-refractivity contribution < 1.29 is 14.3 Å². The van der Waals surface area contributed by atoms with Crippen molar-refractivity contribution in [2.24, 2.45) is 0 Å². The number of amides is 1. The molecule has 7 nitrogen and oxygen atoms in total. The van der Waals surface area contributed by atoms with Crippen LogP contribution in [0.3, 0.4) is 0 Å². The Morgan fingerprint density at radius 3 is 2.56 bits per heavy atom. The molecule has 1 aromatic carbocycles. The van der Waals surface area contributed by atoms with Crippen LogP contribution in [-0.2, 0) is 29.0 Å². The van der Waals surface area contributed by atoms with Gasteiger partial charge in [-0.3, -0.25) is 4.79 Å². The molecule has 1 aliphatic heterocycles. The molecule has 0 spiro atoms. The second-order valence-corrected chi connectivity index (χ2v) is 6.95. The van der Waals surface area contributed by atoms with Crippen molar-refractivity contribution in [3.63, 3.8) is 0 Å². The van der Waals surface area contributed by atoms with E-state index < -0.39 is 12.0 Å². The zero-order chi connectivity index (χ0) is 19.6. The number of rotatable bonds is 5. The van der Waals surface area contributed by atoms with E-state index in [1.54, 1.807) is 23.4 Å². The maximum absolute atomic E-state index is 13.2. The molecule has 0 N–H and O–H groups in total. The third-order valence-electron chi connectivity index (χ3n) is 4.95. The quantitative estimate of drug-likeness (QED) is 0.754. The first kappa shape index (κ1) is 18.9. The molecule has 0 aliphatic carbocycles. The number of methoxy groups -OCH3 is 1. The molecule has 3 rings (SSSR count). The van der Waals surface area contributed by atoms with E-state index in [-0.39, 0.29) is 5.91 Å². The monoisotopic (exact) mass is 370 g/mol. The number of aryl methyl sites for hydroxylation is 1. The SMILES string of the molecule is CCCn1cnc2c1CN(C(=O)c1ccc(N(C)C)cc1)C(C(=O)OC)C2. The Bertz CT molecular complexity index is 826. The van der Waals surface area contributed by atoms with Crippen LogP contribution in [0.15, 0.2) is 30.6 Å². The van der Waals surface area contributed by atoms with E-state index in [1.165, 1.54) is 7.11 Å². The number of imidazole rings is 1. The lowest BCUT2D eigenvalue weighted by molar-refractivity contribution is -0.146. The molecule has 0 saturated heterocycles. The fourth-order valence-electron chi connectivity index (χ4n) is 3.43. The minimum absolute atomic E-state index is 0.175. The first-order valence-electron chi connectivity index (χ1n) is 9.15. The number of hydrogen-bond donors (Lipinski definition) is 0. The first-order valence-corrected chi connectivity index (χ1v) is 9.15. The van der Waals surface area contributed by atoms with Crippen LogP contribution in [0.25, 0.3) is 0 Å². The number of carbonyl (C=O) groups is 2. The number of anilines is 1. The lowest BCUT2D eigenvalue weighted by atomic mass is 10.0. The minimum Gasteiger partial charge on any atom is -0.467 e. The summed E-state index contributed by atoms with van der Waals surface area (Å²) in [7, 11) is 5.25. The summed E-state index contributed by atoms with van der Waals surface area (Å²) in [5.41, 5.74) is 3.43. The number of benzene rings is 1. The van der Waals surface area contributed by atoms with Gasteiger partial charge in [-0.1, -0.05) is 6.92 Å². The van der Waals surface area contributed by atoms with E-state index in [4.69, 9.17) is 4.74 Å². The van der Waals surface area contributed by atoms with Crippen LogP contribution in [0.5, 0.6) is 0 Å². The van der Waals surface area contributed by atoms with E-state index in [0.717, 1.165) is 30.0 Å². The molecular weight excluding hydrogens is 344 g/mol. The molecule has 27 heavy (non-hydrogen) atoms. The third kappa shape index (κ3) is 3.67. The Labute approximate surface area is 159 Å². The number of esters is 1. The maximum Gasteiger partial charge on any atom is 0.329 e. The van der Waals surface area contributed by atoms with E-state index in [2.05, 4.69) is 16.5 Å². The average Bonchev–Trinajstić information content (AvgIpc) is 3.08. The van der Waals surface area contributed by atoms with Gasteiger partial charge in [-0.15, -0.1) is 0 Å². The van der Waals surface area contributed by atoms with Crippen LogP contribution in [0, 0.1) is 0 Å². The second-order valence-electron chi connectivity index (χ2n) is 6.95. The van der Waals surface area contributed by atoms with Crippen molar-refractivity contribution in [1.82, 2.24) is 14.5 Å². The molecule has 1 atom stereocenters. The molecule has 0 bridgehead atoms. The number of hydrogen-bond acceptors (Lipinski definition) is 5. The van der Waals surface area contributed by atoms with Crippen molar-refractivity contribution in [2.75, 3.05) is 26.1 Å². The lowest BCUT2D eigenvalue weighted by Crippen LogP contribution is -2.49. The molecular formula is C20H26N4O3. The van der Waals surface area contributed by atoms with Crippen LogP contribution in [0.4, 0.5) is 5.69 Å². The Morgan fingerprint density at radius 2 is 1.96 bits per heavy atom. The number of aromatic nitrogens is 2. The van der Waals surface area contributed by atoms with E-state index in [1.807, 2.05) is 31.1 Å². The number of ether oxygens (including phenoxy) is 1. The summed E-state index contributed by atoms with van der Waals surface area (Å²) in [6, 6.07) is 6.73. The highest BCUT2D eigenvalue weighted by Crippen LogP contribution is 2.26. The Morgan fingerprint density at radius 1 is 1.26 bits per heavy atom. The molecule has 0 saturated carbocycles. The highest BCUT2D eigenvalue weighted by molar-refractivity contribution is 5.97. The summed E-state index contributed by atoms with van der Waals surface area (Å²) < 4.78 is 7.02. The van der Waals surface area contributed by atoms with Crippen molar-refractivity contribution in [3.8, 4) is 0 Å². The topological polar surface area (TPSA) is 67.7 Å². The van der Waals surface area contributed by atoms with Gasteiger partial charge in [0, 0.05) is 38.3 Å². The van der Waals surface area contributed by atoms with Crippen LogP contribution >= 0.6 is 0 Å². The highest BCUT2D eigenvalue weighted by atomic mass is 16.5. The molecule has 1 unspecified atom stereocenters. The molecule has 144 valence electrons. The molecule has 1 amide bonds. The Kier molecular flexibility index (Phi) is 5.48. The van der Waals surface area contributed by atoms with Gasteiger partial charge in [-0.25, -0.2) is 9.78 Å². The van der Waals surface area contributed by atoms with E-state index in [0.29, 0.717) is 18.5 Å². The predicted octanol–water partition coefficient (Wildman–Crippen LogP) is 2.10. The number of carbonyl (C=O) groups excluding carboxylic acids is 2. The molecule has 7 heteroatoms. The highest BCUT2D eigenvalue weighted by Gasteiger charge is 2.37. The normalized spacial score (nSPS) is 16.0. The van der Waals surface area contributed by atoms with Gasteiger partial charge >= 0.3 is 5.97 Å². The standard InChI is InChI=1S/C20H26N4O3/c1-5-10-23-13-21-16-11-17(20(26)27-4)24(12-18(16)23)19(25)14-6-8-15(9-7-14)22(2)3/h6-9,13,17H,5,10-12H2,1-4H3. The third-order valence-corrected chi connectivity index (χ3v) is 4.95. The molecule has 1 aromatic heterocycles. The number of fused-ring (bicyclic) bond motifs is 1. The van der Waals surface area contributed by atoms with Crippen LogP contribution < -0.4 is 4.90 Å². The van der Waals surface area contributed by atoms with Gasteiger partial charge in [-0.2, -0.15) is 0 Å². The summed E-state index contributed by atoms with van der Waals surface area (Å²) in [6.45, 7) is 3.29. The van der Waals surface area contributed by atoms with Gasteiger partial charge in [0.2, 0.25) is 0 Å². The summed E-state index contributed by atoms with van der Waals surface area (Å²) in [6.07, 6.45) is 3.14. The molecule has 0 radical (unpaired) electrons. The molecule has 2 aromatic rings. The van der Waals surface area contributed by atoms with Crippen molar-refractivity contribution in [3.05, 3.63) is 47.5 Å². The van der Waals surface area contributed by atoms with E-state index >= 15 is 0 Å². The Balaban J connectivity index is 1.93. The largest absolute Gasteiger partial charge is 0.467 e. The fraction of sp³-hybridized carbons (Fsp3) is 0.450. The predicted molar refractivity (Wildman–Crippen MR) is 103 cm³/mol. The zero-order valence-electron chi connectivity index (χ0n) is 16.3. The van der Waals surface area contributed by atoms with Crippen LogP contribution in [0.1, 0.15) is 35.1 Å².